The Bertz CT molecular complexity index is 1140. The van der Waals surface area contributed by atoms with Gasteiger partial charge in [0.1, 0.15) is 0 Å². The Hall–Kier alpha value is -2.76. The Labute approximate surface area is 169 Å². The van der Waals surface area contributed by atoms with Gasteiger partial charge in [-0.3, -0.25) is 19.2 Å². The van der Waals surface area contributed by atoms with Crippen LogP contribution in [0.25, 0.3) is 0 Å². The van der Waals surface area contributed by atoms with Gasteiger partial charge in [0.2, 0.25) is 21.8 Å². The van der Waals surface area contributed by atoms with Crippen LogP contribution in [0.4, 0.5) is 11.4 Å². The standard InChI is InChI=1S/C18H19N3O6S2/c1-20(2)29(26,27)16-7-3-13(4-8-16)19-28(24,25)15-9-5-14(6-10-15)21-17(22)11-12-18(21)23/h3-10,19H,11-12H2,1-2H3. The summed E-state index contributed by atoms with van der Waals surface area (Å²) >= 11 is 0. The van der Waals surface area contributed by atoms with E-state index in [2.05, 4.69) is 4.72 Å². The summed E-state index contributed by atoms with van der Waals surface area (Å²) in [7, 11) is -4.76. The van der Waals surface area contributed by atoms with Gasteiger partial charge in [0, 0.05) is 32.6 Å². The van der Waals surface area contributed by atoms with Gasteiger partial charge in [0.15, 0.2) is 0 Å². The van der Waals surface area contributed by atoms with Crippen molar-refractivity contribution in [3.8, 4) is 0 Å². The number of hydrogen-bond acceptors (Lipinski definition) is 6. The zero-order valence-corrected chi connectivity index (χ0v) is 17.3. The lowest BCUT2D eigenvalue weighted by atomic mass is 10.3. The minimum absolute atomic E-state index is 0.0368. The van der Waals surface area contributed by atoms with Crippen LogP contribution < -0.4 is 9.62 Å². The van der Waals surface area contributed by atoms with Crippen molar-refractivity contribution in [2.24, 2.45) is 0 Å². The monoisotopic (exact) mass is 437 g/mol. The molecule has 11 heteroatoms. The highest BCUT2D eigenvalue weighted by molar-refractivity contribution is 7.92. The van der Waals surface area contributed by atoms with Crippen LogP contribution in [-0.4, -0.2) is 47.1 Å². The molecule has 1 aliphatic heterocycles. The molecule has 0 aromatic heterocycles. The largest absolute Gasteiger partial charge is 0.280 e. The van der Waals surface area contributed by atoms with Crippen molar-refractivity contribution in [2.45, 2.75) is 22.6 Å². The lowest BCUT2D eigenvalue weighted by Crippen LogP contribution is -2.28. The third-order valence-electron chi connectivity index (χ3n) is 4.34. The van der Waals surface area contributed by atoms with Crippen LogP contribution in [0.1, 0.15) is 12.8 Å². The van der Waals surface area contributed by atoms with Gasteiger partial charge in [-0.05, 0) is 48.5 Å². The number of amides is 2. The fourth-order valence-electron chi connectivity index (χ4n) is 2.76. The molecular formula is C18H19N3O6S2. The first-order valence-electron chi connectivity index (χ1n) is 8.53. The molecule has 2 amide bonds. The Morgan fingerprint density at radius 3 is 1.76 bits per heavy atom. The van der Waals surface area contributed by atoms with Gasteiger partial charge in [-0.15, -0.1) is 0 Å². The summed E-state index contributed by atoms with van der Waals surface area (Å²) in [6.07, 6.45) is 0.278. The van der Waals surface area contributed by atoms with Crippen molar-refractivity contribution in [2.75, 3.05) is 23.7 Å². The fourth-order valence-corrected chi connectivity index (χ4v) is 4.72. The number of anilines is 2. The summed E-state index contributed by atoms with van der Waals surface area (Å²) in [6, 6.07) is 10.7. The highest BCUT2D eigenvalue weighted by atomic mass is 32.2. The first kappa shape index (κ1) is 21.0. The molecule has 29 heavy (non-hydrogen) atoms. The molecular weight excluding hydrogens is 418 g/mol. The number of imide groups is 1. The van der Waals surface area contributed by atoms with E-state index < -0.39 is 20.0 Å². The molecule has 0 radical (unpaired) electrons. The lowest BCUT2D eigenvalue weighted by molar-refractivity contribution is -0.121. The number of benzene rings is 2. The molecule has 0 unspecified atom stereocenters. The third-order valence-corrected chi connectivity index (χ3v) is 7.57. The van der Waals surface area contributed by atoms with E-state index in [1.165, 1.54) is 62.6 Å². The van der Waals surface area contributed by atoms with Crippen LogP contribution in [0.2, 0.25) is 0 Å². The summed E-state index contributed by atoms with van der Waals surface area (Å²) in [4.78, 5) is 24.6. The molecule has 2 aromatic carbocycles. The Morgan fingerprint density at radius 1 is 0.793 bits per heavy atom. The molecule has 9 nitrogen and oxygen atoms in total. The Balaban J connectivity index is 1.79. The summed E-state index contributed by atoms with van der Waals surface area (Å²) in [5.74, 6) is -0.645. The van der Waals surface area contributed by atoms with Crippen LogP contribution in [0.15, 0.2) is 58.3 Å². The van der Waals surface area contributed by atoms with E-state index in [9.17, 15) is 26.4 Å². The van der Waals surface area contributed by atoms with Crippen molar-refractivity contribution in [3.63, 3.8) is 0 Å². The second kappa shape index (κ2) is 7.58. The molecule has 1 fully saturated rings. The number of carbonyl (C=O) groups is 2. The molecule has 3 rings (SSSR count). The zero-order valence-electron chi connectivity index (χ0n) is 15.7. The molecule has 0 saturated carbocycles. The predicted molar refractivity (Wildman–Crippen MR) is 106 cm³/mol. The number of nitrogens with one attached hydrogen (secondary N) is 1. The minimum atomic E-state index is -3.94. The SMILES string of the molecule is CN(C)S(=O)(=O)c1ccc(NS(=O)(=O)c2ccc(N3C(=O)CCC3=O)cc2)cc1. The van der Waals surface area contributed by atoms with Gasteiger partial charge in [-0.25, -0.2) is 21.1 Å². The molecule has 154 valence electrons. The van der Waals surface area contributed by atoms with E-state index in [4.69, 9.17) is 0 Å². The highest BCUT2D eigenvalue weighted by Gasteiger charge is 2.30. The van der Waals surface area contributed by atoms with Crippen molar-refractivity contribution >= 4 is 43.2 Å². The van der Waals surface area contributed by atoms with Crippen LogP contribution >= 0.6 is 0 Å². The summed E-state index contributed by atoms with van der Waals surface area (Å²) < 4.78 is 52.7. The van der Waals surface area contributed by atoms with Gasteiger partial charge in [0.05, 0.1) is 15.5 Å². The minimum Gasteiger partial charge on any atom is -0.280 e. The van der Waals surface area contributed by atoms with Crippen molar-refractivity contribution < 1.29 is 26.4 Å². The second-order valence-electron chi connectivity index (χ2n) is 6.53. The van der Waals surface area contributed by atoms with E-state index in [-0.39, 0.29) is 40.1 Å². The molecule has 0 bridgehead atoms. The van der Waals surface area contributed by atoms with Crippen LogP contribution in [0, 0.1) is 0 Å². The molecule has 0 spiro atoms. The number of carbonyl (C=O) groups excluding carboxylic acids is 2. The number of rotatable bonds is 6. The lowest BCUT2D eigenvalue weighted by Gasteiger charge is -2.15. The van der Waals surface area contributed by atoms with E-state index >= 15 is 0 Å². The molecule has 2 aromatic rings. The third kappa shape index (κ3) is 4.16. The van der Waals surface area contributed by atoms with E-state index in [0.717, 1.165) is 9.21 Å². The molecule has 0 aliphatic carbocycles. The maximum absolute atomic E-state index is 12.6. The average molecular weight is 437 g/mol. The first-order valence-corrected chi connectivity index (χ1v) is 11.5. The van der Waals surface area contributed by atoms with Gasteiger partial charge in [-0.1, -0.05) is 0 Å². The van der Waals surface area contributed by atoms with Gasteiger partial charge in [0.25, 0.3) is 10.0 Å². The van der Waals surface area contributed by atoms with E-state index in [0.29, 0.717) is 5.69 Å². The Kier molecular flexibility index (Phi) is 5.48. The van der Waals surface area contributed by atoms with Crippen LogP contribution in [0.3, 0.4) is 0 Å². The van der Waals surface area contributed by atoms with Crippen molar-refractivity contribution in [1.29, 1.82) is 0 Å². The second-order valence-corrected chi connectivity index (χ2v) is 10.4. The van der Waals surface area contributed by atoms with Crippen LogP contribution in [-0.2, 0) is 29.6 Å². The van der Waals surface area contributed by atoms with Crippen LogP contribution in [0.5, 0.6) is 0 Å². The highest BCUT2D eigenvalue weighted by Crippen LogP contribution is 2.25. The van der Waals surface area contributed by atoms with Gasteiger partial charge in [-0.2, -0.15) is 0 Å². The van der Waals surface area contributed by atoms with Crippen molar-refractivity contribution in [1.82, 2.24) is 4.31 Å². The van der Waals surface area contributed by atoms with E-state index in [1.807, 2.05) is 0 Å². The van der Waals surface area contributed by atoms with Crippen molar-refractivity contribution in [3.05, 3.63) is 48.5 Å². The first-order chi connectivity index (χ1) is 13.5. The number of nitrogens with zero attached hydrogens (tertiary/aromatic N) is 2. The van der Waals surface area contributed by atoms with E-state index in [1.54, 1.807) is 0 Å². The normalized spacial score (nSPS) is 15.2. The number of hydrogen-bond donors (Lipinski definition) is 1. The van der Waals surface area contributed by atoms with Gasteiger partial charge < -0.3 is 0 Å². The predicted octanol–water partition coefficient (Wildman–Crippen LogP) is 1.39. The molecule has 1 N–H and O–H groups in total. The topological polar surface area (TPSA) is 121 Å². The molecule has 1 saturated heterocycles. The summed E-state index contributed by atoms with van der Waals surface area (Å²) in [5.41, 5.74) is 0.506. The maximum atomic E-state index is 12.6. The number of sulfonamides is 2. The molecule has 1 aliphatic rings. The molecule has 0 atom stereocenters. The van der Waals surface area contributed by atoms with Gasteiger partial charge >= 0.3 is 0 Å². The molecule has 1 heterocycles. The zero-order chi connectivity index (χ0) is 21.4. The Morgan fingerprint density at radius 2 is 1.28 bits per heavy atom. The fraction of sp³-hybridized carbons (Fsp3) is 0.222. The average Bonchev–Trinajstić information content (AvgIpc) is 3.00. The summed E-state index contributed by atoms with van der Waals surface area (Å²) in [5, 5.41) is 0. The summed E-state index contributed by atoms with van der Waals surface area (Å²) in [6.45, 7) is 0. The quantitative estimate of drug-likeness (QED) is 0.682. The maximum Gasteiger partial charge on any atom is 0.261 e. The smallest absolute Gasteiger partial charge is 0.261 e.